The van der Waals surface area contributed by atoms with E-state index in [4.69, 9.17) is 10.5 Å². The van der Waals surface area contributed by atoms with Crippen LogP contribution in [0.25, 0.3) is 10.9 Å². The van der Waals surface area contributed by atoms with E-state index in [0.717, 1.165) is 22.4 Å². The summed E-state index contributed by atoms with van der Waals surface area (Å²) in [5.74, 6) is 1.26. The van der Waals surface area contributed by atoms with Crippen molar-refractivity contribution in [2.45, 2.75) is 6.92 Å². The Morgan fingerprint density at radius 3 is 3.00 bits per heavy atom. The molecule has 17 heavy (non-hydrogen) atoms. The van der Waals surface area contributed by atoms with Crippen molar-refractivity contribution in [3.05, 3.63) is 11.8 Å². The van der Waals surface area contributed by atoms with Crippen LogP contribution in [0.2, 0.25) is 0 Å². The molecule has 0 saturated heterocycles. The lowest BCUT2D eigenvalue weighted by molar-refractivity contribution is 0.210. The van der Waals surface area contributed by atoms with E-state index in [-0.39, 0.29) is 0 Å². The number of hydrogen-bond acceptors (Lipinski definition) is 5. The summed E-state index contributed by atoms with van der Waals surface area (Å²) in [4.78, 5) is 4.45. The molecule has 0 fully saturated rings. The van der Waals surface area contributed by atoms with Gasteiger partial charge in [0.2, 0.25) is 0 Å². The van der Waals surface area contributed by atoms with Crippen LogP contribution in [0.4, 0.5) is 11.6 Å². The van der Waals surface area contributed by atoms with Crippen molar-refractivity contribution < 1.29 is 4.74 Å². The van der Waals surface area contributed by atoms with Crippen molar-refractivity contribution in [2.24, 2.45) is 7.05 Å². The van der Waals surface area contributed by atoms with Crippen molar-refractivity contribution >= 4 is 22.5 Å². The predicted molar refractivity (Wildman–Crippen MR) is 68.0 cm³/mol. The Hall–Kier alpha value is -1.82. The van der Waals surface area contributed by atoms with Crippen LogP contribution in [0.5, 0.6) is 0 Å². The number of aryl methyl sites for hydroxylation is 2. The molecule has 0 spiro atoms. The van der Waals surface area contributed by atoms with Crippen molar-refractivity contribution in [3.63, 3.8) is 0 Å². The molecule has 3 N–H and O–H groups in total. The second-order valence-corrected chi connectivity index (χ2v) is 3.93. The fourth-order valence-corrected chi connectivity index (χ4v) is 1.83. The molecule has 6 heteroatoms. The molecule has 0 aliphatic rings. The summed E-state index contributed by atoms with van der Waals surface area (Å²) >= 11 is 0. The summed E-state index contributed by atoms with van der Waals surface area (Å²) in [7, 11) is 3.54. The first-order chi connectivity index (χ1) is 8.13. The molecular weight excluding hydrogens is 218 g/mol. The molecule has 0 atom stereocenters. The number of hydrogen-bond donors (Lipinski definition) is 2. The van der Waals surface area contributed by atoms with Crippen LogP contribution in [-0.2, 0) is 11.8 Å². The van der Waals surface area contributed by atoms with Crippen LogP contribution in [-0.4, -0.2) is 35.0 Å². The van der Waals surface area contributed by atoms with Gasteiger partial charge >= 0.3 is 0 Å². The summed E-state index contributed by atoms with van der Waals surface area (Å²) in [6, 6.07) is 1.97. The summed E-state index contributed by atoms with van der Waals surface area (Å²) in [5.41, 5.74) is 7.80. The Morgan fingerprint density at radius 1 is 1.53 bits per heavy atom. The third kappa shape index (κ3) is 2.16. The second-order valence-electron chi connectivity index (χ2n) is 3.93. The number of nitrogens with two attached hydrogens (primary N) is 1. The molecule has 0 radical (unpaired) electrons. The predicted octanol–water partition coefficient (Wildman–Crippen LogP) is 0.917. The Labute approximate surface area is 99.8 Å². The number of nitrogens with one attached hydrogen (secondary N) is 1. The maximum Gasteiger partial charge on any atom is 0.157 e. The van der Waals surface area contributed by atoms with Crippen LogP contribution in [0, 0.1) is 6.92 Å². The molecule has 92 valence electrons. The molecule has 0 aromatic carbocycles. The Bertz CT molecular complexity index is 534. The smallest absolute Gasteiger partial charge is 0.157 e. The van der Waals surface area contributed by atoms with E-state index in [1.807, 2.05) is 20.0 Å². The summed E-state index contributed by atoms with van der Waals surface area (Å²) in [5, 5.41) is 8.29. The van der Waals surface area contributed by atoms with Gasteiger partial charge < -0.3 is 15.8 Å². The monoisotopic (exact) mass is 235 g/mol. The number of aromatic nitrogens is 3. The van der Waals surface area contributed by atoms with Gasteiger partial charge in [-0.3, -0.25) is 4.68 Å². The van der Waals surface area contributed by atoms with Crippen LogP contribution in [0.15, 0.2) is 6.07 Å². The first-order valence-corrected chi connectivity index (χ1v) is 5.46. The van der Waals surface area contributed by atoms with Crippen LogP contribution < -0.4 is 11.1 Å². The lowest BCUT2D eigenvalue weighted by Crippen LogP contribution is -2.09. The molecular formula is C11H17N5O. The normalized spacial score (nSPS) is 11.0. The van der Waals surface area contributed by atoms with Gasteiger partial charge in [-0.15, -0.1) is 0 Å². The van der Waals surface area contributed by atoms with E-state index in [0.29, 0.717) is 19.0 Å². The van der Waals surface area contributed by atoms with E-state index < -0.39 is 0 Å². The zero-order valence-corrected chi connectivity index (χ0v) is 10.3. The first kappa shape index (κ1) is 11.7. The third-order valence-electron chi connectivity index (χ3n) is 2.59. The van der Waals surface area contributed by atoms with E-state index in [2.05, 4.69) is 15.4 Å². The minimum atomic E-state index is 0.495. The maximum atomic E-state index is 5.89. The molecule has 6 nitrogen and oxygen atoms in total. The van der Waals surface area contributed by atoms with Gasteiger partial charge in [0, 0.05) is 26.4 Å². The van der Waals surface area contributed by atoms with Crippen molar-refractivity contribution in [1.29, 1.82) is 0 Å². The highest BCUT2D eigenvalue weighted by atomic mass is 16.5. The zero-order chi connectivity index (χ0) is 12.4. The van der Waals surface area contributed by atoms with E-state index in [1.165, 1.54) is 0 Å². The second kappa shape index (κ2) is 4.58. The minimum absolute atomic E-state index is 0.495. The van der Waals surface area contributed by atoms with Gasteiger partial charge in [0.15, 0.2) is 5.82 Å². The van der Waals surface area contributed by atoms with Gasteiger partial charge in [-0.25, -0.2) is 4.98 Å². The zero-order valence-electron chi connectivity index (χ0n) is 10.3. The highest BCUT2D eigenvalue weighted by Crippen LogP contribution is 2.27. The molecule has 0 aliphatic heterocycles. The van der Waals surface area contributed by atoms with E-state index >= 15 is 0 Å². The quantitative estimate of drug-likeness (QED) is 0.770. The molecule has 2 aromatic rings. The van der Waals surface area contributed by atoms with E-state index in [1.54, 1.807) is 11.8 Å². The fraction of sp³-hybridized carbons (Fsp3) is 0.455. The number of rotatable bonds is 4. The van der Waals surface area contributed by atoms with E-state index in [9.17, 15) is 0 Å². The highest BCUT2D eigenvalue weighted by Gasteiger charge is 2.12. The average Bonchev–Trinajstić information content (AvgIpc) is 2.54. The van der Waals surface area contributed by atoms with Gasteiger partial charge in [0.25, 0.3) is 0 Å². The van der Waals surface area contributed by atoms with Gasteiger partial charge in [-0.2, -0.15) is 5.10 Å². The highest BCUT2D eigenvalue weighted by molar-refractivity contribution is 5.98. The molecule has 0 unspecified atom stereocenters. The topological polar surface area (TPSA) is 78.0 Å². The number of anilines is 2. The standard InChI is InChI=1S/C11H17N5O/c1-7-6-8-9(10(12)15-16(8)2)11(14-7)13-4-5-17-3/h6H,4-5H2,1-3H3,(H2,12,15)(H,13,14). The number of fused-ring (bicyclic) bond motifs is 1. The van der Waals surface area contributed by atoms with Gasteiger partial charge in [0.1, 0.15) is 5.82 Å². The van der Waals surface area contributed by atoms with Crippen LogP contribution in [0.1, 0.15) is 5.69 Å². The average molecular weight is 235 g/mol. The molecule has 2 rings (SSSR count). The first-order valence-electron chi connectivity index (χ1n) is 5.46. The molecule has 0 amide bonds. The molecule has 2 heterocycles. The third-order valence-corrected chi connectivity index (χ3v) is 2.59. The van der Waals surface area contributed by atoms with Crippen molar-refractivity contribution in [3.8, 4) is 0 Å². The summed E-state index contributed by atoms with van der Waals surface area (Å²) in [6.45, 7) is 3.26. The largest absolute Gasteiger partial charge is 0.383 e. The number of methoxy groups -OCH3 is 1. The Morgan fingerprint density at radius 2 is 2.29 bits per heavy atom. The SMILES string of the molecule is COCCNc1nc(C)cc2c1c(N)nn2C. The molecule has 0 bridgehead atoms. The summed E-state index contributed by atoms with van der Waals surface area (Å²) < 4.78 is 6.76. The lowest BCUT2D eigenvalue weighted by Gasteiger charge is -2.07. The summed E-state index contributed by atoms with van der Waals surface area (Å²) in [6.07, 6.45) is 0. The lowest BCUT2D eigenvalue weighted by atomic mass is 10.2. The number of pyridine rings is 1. The van der Waals surface area contributed by atoms with Gasteiger partial charge in [-0.1, -0.05) is 0 Å². The molecule has 2 aromatic heterocycles. The number of nitrogens with zero attached hydrogens (tertiary/aromatic N) is 3. The maximum absolute atomic E-state index is 5.89. The van der Waals surface area contributed by atoms with Crippen LogP contribution in [0.3, 0.4) is 0 Å². The Balaban J connectivity index is 2.45. The fourth-order valence-electron chi connectivity index (χ4n) is 1.83. The van der Waals surface area contributed by atoms with Gasteiger partial charge in [-0.05, 0) is 13.0 Å². The molecule has 0 saturated carbocycles. The number of nitrogen functional groups attached to an aromatic ring is 1. The van der Waals surface area contributed by atoms with Crippen molar-refractivity contribution in [1.82, 2.24) is 14.8 Å². The number of ether oxygens (including phenoxy) is 1. The molecule has 0 aliphatic carbocycles. The van der Waals surface area contributed by atoms with Crippen molar-refractivity contribution in [2.75, 3.05) is 31.3 Å². The Kier molecular flexibility index (Phi) is 3.14. The minimum Gasteiger partial charge on any atom is -0.383 e. The van der Waals surface area contributed by atoms with Crippen LogP contribution >= 0.6 is 0 Å². The van der Waals surface area contributed by atoms with Gasteiger partial charge in [0.05, 0.1) is 17.5 Å².